The van der Waals surface area contributed by atoms with Gasteiger partial charge in [0, 0.05) is 62.5 Å². The Morgan fingerprint density at radius 1 is 1.14 bits per heavy atom. The number of hydrogen-bond acceptors (Lipinski definition) is 10. The van der Waals surface area contributed by atoms with Crippen LogP contribution in [0.1, 0.15) is 84.2 Å². The van der Waals surface area contributed by atoms with Crippen molar-refractivity contribution in [2.24, 2.45) is 35.1 Å². The number of nitrogens with one attached hydrogen (secondary N) is 1. The van der Waals surface area contributed by atoms with Gasteiger partial charge in [-0.1, -0.05) is 24.6 Å². The third-order valence-corrected chi connectivity index (χ3v) is 15.1. The topological polar surface area (TPSA) is 143 Å². The van der Waals surface area contributed by atoms with Crippen LogP contribution in [0.2, 0.25) is 5.02 Å². The number of carbonyl (C=O) groups is 2. The smallest absolute Gasteiger partial charge is 0.286 e. The van der Waals surface area contributed by atoms with Gasteiger partial charge in [0.15, 0.2) is 6.29 Å². The van der Waals surface area contributed by atoms with Crippen LogP contribution in [0.3, 0.4) is 0 Å². The summed E-state index contributed by atoms with van der Waals surface area (Å²) in [6, 6.07) is 11.5. The van der Waals surface area contributed by atoms with E-state index in [-0.39, 0.29) is 52.2 Å². The molecule has 15 heteroatoms. The first-order chi connectivity index (χ1) is 27.4. The van der Waals surface area contributed by atoms with Crippen LogP contribution in [0, 0.1) is 23.7 Å². The zero-order chi connectivity index (χ0) is 40.1. The van der Waals surface area contributed by atoms with Crippen LogP contribution in [-0.2, 0) is 43.0 Å². The molecule has 2 fully saturated rings. The predicted octanol–water partition coefficient (Wildman–Crippen LogP) is 6.36. The fraction of sp³-hybridized carbons (Fsp3) is 0.595. The monoisotopic (exact) mass is 823 g/mol. The van der Waals surface area contributed by atoms with Crippen LogP contribution >= 0.6 is 11.6 Å². The minimum absolute atomic E-state index is 0.0175. The third-order valence-electron chi connectivity index (χ3n) is 12.9. The molecule has 13 nitrogen and oxygen atoms in total. The Balaban J connectivity index is 1.22. The summed E-state index contributed by atoms with van der Waals surface area (Å²) >= 11 is 6.50. The summed E-state index contributed by atoms with van der Waals surface area (Å²) in [6.07, 6.45) is 7.05. The number of aryl methyl sites for hydroxylation is 2. The summed E-state index contributed by atoms with van der Waals surface area (Å²) in [7, 11) is 1.11. The lowest BCUT2D eigenvalue weighted by molar-refractivity contribution is -0.140. The minimum atomic E-state index is -3.75. The summed E-state index contributed by atoms with van der Waals surface area (Å²) in [4.78, 5) is 30.6. The molecule has 1 aromatic heterocycles. The molecule has 1 saturated heterocycles. The number of rotatable bonds is 6. The van der Waals surface area contributed by atoms with Crippen molar-refractivity contribution < 1.29 is 37.5 Å². The highest BCUT2D eigenvalue weighted by atomic mass is 35.5. The van der Waals surface area contributed by atoms with Gasteiger partial charge in [-0.25, -0.2) is 4.21 Å². The Kier molecular flexibility index (Phi) is 11.4. The van der Waals surface area contributed by atoms with E-state index >= 15 is 4.21 Å². The number of ether oxygens (including phenoxy) is 5. The molecule has 3 aromatic rings. The number of fused-ring (bicyclic) bond motifs is 5. The van der Waals surface area contributed by atoms with Crippen molar-refractivity contribution in [3.8, 4) is 11.6 Å². The van der Waals surface area contributed by atoms with Gasteiger partial charge in [0.05, 0.1) is 37.4 Å². The summed E-state index contributed by atoms with van der Waals surface area (Å²) in [6.45, 7) is 6.28. The number of carbonyl (C=O) groups excluding carboxylic acids is 2. The lowest BCUT2D eigenvalue weighted by Crippen LogP contribution is -2.50. The maximum Gasteiger partial charge on any atom is 0.286 e. The average Bonchev–Trinajstić information content (AvgIpc) is 3.72. The Labute approximate surface area is 340 Å². The van der Waals surface area contributed by atoms with Crippen molar-refractivity contribution in [1.29, 1.82) is 0 Å². The summed E-state index contributed by atoms with van der Waals surface area (Å²) in [5.41, 5.74) is 3.34. The molecule has 2 aromatic carbocycles. The molecule has 4 heterocycles. The van der Waals surface area contributed by atoms with Crippen LogP contribution < -0.4 is 19.1 Å². The van der Waals surface area contributed by atoms with Crippen molar-refractivity contribution in [3.05, 3.63) is 69.9 Å². The van der Waals surface area contributed by atoms with E-state index in [9.17, 15) is 9.59 Å². The number of methoxy groups -OCH3 is 2. The number of amides is 2. The number of halogens is 1. The van der Waals surface area contributed by atoms with Gasteiger partial charge in [-0.15, -0.1) is 9.46 Å². The summed E-state index contributed by atoms with van der Waals surface area (Å²) in [5.74, 6) is -0.507. The van der Waals surface area contributed by atoms with Crippen LogP contribution in [-0.4, -0.2) is 90.6 Å². The highest BCUT2D eigenvalue weighted by Gasteiger charge is 2.47. The maximum atomic E-state index is 15.1. The normalized spacial score (nSPS) is 32.5. The van der Waals surface area contributed by atoms with E-state index in [1.165, 1.54) is 29.1 Å². The van der Waals surface area contributed by atoms with Crippen LogP contribution in [0.25, 0.3) is 0 Å². The molecular formula is C42H54ClN5O8S. The quantitative estimate of drug-likeness (QED) is 0.299. The first kappa shape index (κ1) is 40.1. The Morgan fingerprint density at radius 3 is 2.74 bits per heavy atom. The van der Waals surface area contributed by atoms with Crippen LogP contribution in [0.4, 0.5) is 5.69 Å². The van der Waals surface area contributed by atoms with Crippen molar-refractivity contribution >= 4 is 39.0 Å². The fourth-order valence-corrected chi connectivity index (χ4v) is 12.2. The zero-order valence-electron chi connectivity index (χ0n) is 33.4. The van der Waals surface area contributed by atoms with E-state index < -0.39 is 28.0 Å². The van der Waals surface area contributed by atoms with E-state index in [0.717, 1.165) is 55.8 Å². The molecule has 5 aliphatic rings. The third kappa shape index (κ3) is 7.92. The van der Waals surface area contributed by atoms with E-state index in [4.69, 9.17) is 35.3 Å². The molecule has 3 aliphatic heterocycles. The van der Waals surface area contributed by atoms with Crippen molar-refractivity contribution in [3.63, 3.8) is 0 Å². The van der Waals surface area contributed by atoms with Crippen molar-refractivity contribution in [2.45, 2.75) is 82.7 Å². The lowest BCUT2D eigenvalue weighted by Gasteiger charge is -2.47. The zero-order valence-corrected chi connectivity index (χ0v) is 35.0. The second-order valence-electron chi connectivity index (χ2n) is 16.6. The van der Waals surface area contributed by atoms with Crippen molar-refractivity contribution in [2.75, 3.05) is 51.2 Å². The summed E-state index contributed by atoms with van der Waals surface area (Å²) < 4.78 is 54.5. The maximum absolute atomic E-state index is 15.1. The van der Waals surface area contributed by atoms with Crippen LogP contribution in [0.5, 0.6) is 11.6 Å². The molecule has 8 rings (SSSR count). The number of anilines is 1. The van der Waals surface area contributed by atoms with Gasteiger partial charge in [-0.2, -0.15) is 0 Å². The molecular weight excluding hydrogens is 770 g/mol. The first-order valence-corrected chi connectivity index (χ1v) is 22.3. The van der Waals surface area contributed by atoms with E-state index in [1.807, 2.05) is 32.0 Å². The molecule has 1 saturated carbocycles. The van der Waals surface area contributed by atoms with Gasteiger partial charge in [-0.05, 0) is 111 Å². The van der Waals surface area contributed by atoms with E-state index in [2.05, 4.69) is 31.2 Å². The molecule has 57 heavy (non-hydrogen) atoms. The Bertz CT molecular complexity index is 2140. The largest absolute Gasteiger partial charge is 0.490 e. The standard InChI is InChI=1S/C42H54ClN5O8S/c1-6-54-37-19-29-18-36(52-4)31-12-9-28(31)20-48-23-42(15-7-8-26-16-30(43)11-13-33(26)42)24-55-35-14-10-27(17-34(35)48)39(49)45-57(51,22-25(2)38(29)56-37)46-40(50)32-21-47(3)44-41(32)53-5/h10-11,13-14,16-17,21,25,28-29,31,36-38H,6-9,12,15,18-20,22-24H2,1-5H3,(H,45,46,49,50,51)/t25-,28+,29+,31-,36+,37?,38-,42+,57?/m1/s1. The van der Waals surface area contributed by atoms with Gasteiger partial charge in [0.25, 0.3) is 11.8 Å². The van der Waals surface area contributed by atoms with Gasteiger partial charge in [0.2, 0.25) is 5.88 Å². The molecule has 2 bridgehead atoms. The predicted molar refractivity (Wildman–Crippen MR) is 216 cm³/mol. The number of aromatic nitrogens is 2. The van der Waals surface area contributed by atoms with E-state index in [0.29, 0.717) is 43.8 Å². The second kappa shape index (κ2) is 16.2. The molecule has 2 unspecified atom stereocenters. The molecule has 1 N–H and O–H groups in total. The molecule has 1 spiro atoms. The molecule has 9 atom stereocenters. The highest BCUT2D eigenvalue weighted by Crippen LogP contribution is 2.48. The fourth-order valence-electron chi connectivity index (χ4n) is 10.1. The Morgan fingerprint density at radius 2 is 1.98 bits per heavy atom. The Hall–Kier alpha value is -3.69. The van der Waals surface area contributed by atoms with Crippen LogP contribution in [0.15, 0.2) is 47.0 Å². The minimum Gasteiger partial charge on any atom is -0.490 e. The summed E-state index contributed by atoms with van der Waals surface area (Å²) in [5, 5.41) is 4.92. The molecule has 0 radical (unpaired) electrons. The highest BCUT2D eigenvalue weighted by molar-refractivity contribution is 7.92. The number of benzene rings is 2. The SMILES string of the molecule is CCOC1C[C@@H]2C[C@H](OC)[C@@H]3CC[C@H]3CN3C[C@@]4(CCCc5cc(Cl)ccc54)COc4ccc(cc43)C(=O)N=S(=O)(NC(=O)c3cn(C)nc3OC)C[C@@H](C)[C@H]2O1. The van der Waals surface area contributed by atoms with Gasteiger partial charge in [-0.3, -0.25) is 19.0 Å². The number of nitrogens with zero attached hydrogens (tertiary/aromatic N) is 4. The van der Waals surface area contributed by atoms with Gasteiger partial charge < -0.3 is 28.6 Å². The number of hydrogen-bond donors (Lipinski definition) is 1. The van der Waals surface area contributed by atoms with E-state index in [1.54, 1.807) is 20.2 Å². The lowest BCUT2D eigenvalue weighted by atomic mass is 9.67. The second-order valence-corrected chi connectivity index (χ2v) is 19.1. The molecule has 2 amide bonds. The van der Waals surface area contributed by atoms with Crippen molar-refractivity contribution in [1.82, 2.24) is 14.5 Å². The molecule has 2 aliphatic carbocycles. The molecule has 308 valence electrons. The first-order valence-electron chi connectivity index (χ1n) is 20.2. The average molecular weight is 824 g/mol. The van der Waals surface area contributed by atoms with Gasteiger partial charge in [0.1, 0.15) is 21.2 Å². The van der Waals surface area contributed by atoms with Gasteiger partial charge >= 0.3 is 0 Å².